The number of esters is 1. The minimum atomic E-state index is -4.40. The molecule has 0 spiro atoms. The standard InChI is InChI=1S/C39H78NO8P/c1-3-5-7-9-11-13-15-16-17-18-19-20-21-22-24-26-28-30-32-39(43)46-35-37(41)36-48-49(44,45)47-34-33-40-38(42)31-29-27-25-23-14-12-10-8-6-4-2/h37,41H,3-36H2,1-2H3,(H,40,42)(H,44,45). The monoisotopic (exact) mass is 720 g/mol. The zero-order chi connectivity index (χ0) is 36.1. The number of carbonyl (C=O) groups excluding carboxylic acids is 2. The lowest BCUT2D eigenvalue weighted by atomic mass is 10.0. The molecule has 0 saturated carbocycles. The van der Waals surface area contributed by atoms with E-state index in [1.807, 2.05) is 0 Å². The molecule has 49 heavy (non-hydrogen) atoms. The quantitative estimate of drug-likeness (QED) is 0.0325. The van der Waals surface area contributed by atoms with Crippen molar-refractivity contribution in [3.8, 4) is 0 Å². The third-order valence-corrected chi connectivity index (χ3v) is 10.0. The summed E-state index contributed by atoms with van der Waals surface area (Å²) in [6.45, 7) is 3.57. The molecule has 0 radical (unpaired) electrons. The smallest absolute Gasteiger partial charge is 0.463 e. The first-order chi connectivity index (χ1) is 23.8. The van der Waals surface area contributed by atoms with Crippen molar-refractivity contribution in [1.29, 1.82) is 0 Å². The Morgan fingerprint density at radius 2 is 0.918 bits per heavy atom. The molecule has 0 aromatic rings. The van der Waals surface area contributed by atoms with Gasteiger partial charge in [-0.15, -0.1) is 0 Å². The van der Waals surface area contributed by atoms with Gasteiger partial charge in [0.2, 0.25) is 5.91 Å². The minimum Gasteiger partial charge on any atom is -0.463 e. The normalized spacial score (nSPS) is 13.3. The molecule has 2 unspecified atom stereocenters. The lowest BCUT2D eigenvalue weighted by Gasteiger charge is -2.15. The number of amides is 1. The van der Waals surface area contributed by atoms with Crippen LogP contribution in [0.5, 0.6) is 0 Å². The zero-order valence-electron chi connectivity index (χ0n) is 31.9. The Hall–Kier alpha value is -0.990. The van der Waals surface area contributed by atoms with Gasteiger partial charge in [0.15, 0.2) is 0 Å². The Bertz CT molecular complexity index is 784. The number of aliphatic hydroxyl groups excluding tert-OH is 1. The second-order valence-corrected chi connectivity index (χ2v) is 15.4. The van der Waals surface area contributed by atoms with E-state index in [0.717, 1.165) is 38.5 Å². The van der Waals surface area contributed by atoms with Crippen LogP contribution in [0.2, 0.25) is 0 Å². The maximum atomic E-state index is 12.0. The third-order valence-electron chi connectivity index (χ3n) is 9.04. The summed E-state index contributed by atoms with van der Waals surface area (Å²) in [5.41, 5.74) is 0. The maximum absolute atomic E-state index is 12.0. The van der Waals surface area contributed by atoms with Crippen LogP contribution in [0, 0.1) is 0 Å². The van der Waals surface area contributed by atoms with Crippen molar-refractivity contribution < 1.29 is 37.9 Å². The Balaban J connectivity index is 3.55. The maximum Gasteiger partial charge on any atom is 0.472 e. The fourth-order valence-electron chi connectivity index (χ4n) is 5.91. The van der Waals surface area contributed by atoms with Gasteiger partial charge in [-0.05, 0) is 12.8 Å². The summed E-state index contributed by atoms with van der Waals surface area (Å²) in [6, 6.07) is 0. The largest absolute Gasteiger partial charge is 0.472 e. The number of nitrogens with one attached hydrogen (secondary N) is 1. The van der Waals surface area contributed by atoms with E-state index in [9.17, 15) is 24.2 Å². The molecule has 0 aliphatic carbocycles. The van der Waals surface area contributed by atoms with Gasteiger partial charge in [0, 0.05) is 19.4 Å². The molecule has 0 aromatic carbocycles. The van der Waals surface area contributed by atoms with E-state index in [2.05, 4.69) is 19.2 Å². The van der Waals surface area contributed by atoms with E-state index in [0.29, 0.717) is 12.8 Å². The molecule has 0 aliphatic rings. The highest BCUT2D eigenvalue weighted by atomic mass is 31.2. The number of unbranched alkanes of at least 4 members (excludes halogenated alkanes) is 26. The van der Waals surface area contributed by atoms with Crippen LogP contribution in [0.25, 0.3) is 0 Å². The third kappa shape index (κ3) is 38.1. The molecule has 0 saturated heterocycles. The highest BCUT2D eigenvalue weighted by molar-refractivity contribution is 7.47. The molecule has 0 heterocycles. The van der Waals surface area contributed by atoms with Crippen molar-refractivity contribution in [3.05, 3.63) is 0 Å². The predicted octanol–water partition coefficient (Wildman–Crippen LogP) is 10.9. The van der Waals surface area contributed by atoms with Gasteiger partial charge in [0.25, 0.3) is 0 Å². The lowest BCUT2D eigenvalue weighted by molar-refractivity contribution is -0.147. The first-order valence-corrected chi connectivity index (χ1v) is 22.0. The number of hydrogen-bond donors (Lipinski definition) is 3. The summed E-state index contributed by atoms with van der Waals surface area (Å²) in [5, 5.41) is 12.7. The topological polar surface area (TPSA) is 131 Å². The number of phosphoric acid groups is 1. The zero-order valence-corrected chi connectivity index (χ0v) is 32.8. The van der Waals surface area contributed by atoms with Crippen molar-refractivity contribution in [3.63, 3.8) is 0 Å². The van der Waals surface area contributed by atoms with Crippen LogP contribution in [0.3, 0.4) is 0 Å². The van der Waals surface area contributed by atoms with Crippen LogP contribution in [0.4, 0.5) is 0 Å². The van der Waals surface area contributed by atoms with Crippen molar-refractivity contribution in [2.24, 2.45) is 0 Å². The van der Waals surface area contributed by atoms with Crippen LogP contribution in [0.1, 0.15) is 206 Å². The molecule has 3 N–H and O–H groups in total. The van der Waals surface area contributed by atoms with E-state index >= 15 is 0 Å². The van der Waals surface area contributed by atoms with E-state index in [4.69, 9.17) is 13.8 Å². The molecule has 292 valence electrons. The molecule has 2 atom stereocenters. The second-order valence-electron chi connectivity index (χ2n) is 14.0. The highest BCUT2D eigenvalue weighted by Gasteiger charge is 2.23. The highest BCUT2D eigenvalue weighted by Crippen LogP contribution is 2.42. The number of rotatable bonds is 39. The van der Waals surface area contributed by atoms with Crippen LogP contribution in [0.15, 0.2) is 0 Å². The summed E-state index contributed by atoms with van der Waals surface area (Å²) >= 11 is 0. The van der Waals surface area contributed by atoms with Gasteiger partial charge in [-0.25, -0.2) is 4.57 Å². The molecule has 0 bridgehead atoms. The summed E-state index contributed by atoms with van der Waals surface area (Å²) < 4.78 is 26.8. The number of hydrogen-bond acceptors (Lipinski definition) is 7. The Morgan fingerprint density at radius 1 is 0.551 bits per heavy atom. The lowest BCUT2D eigenvalue weighted by Crippen LogP contribution is -2.27. The van der Waals surface area contributed by atoms with Crippen molar-refractivity contribution in [2.45, 2.75) is 213 Å². The fraction of sp³-hybridized carbons (Fsp3) is 0.949. The fourth-order valence-corrected chi connectivity index (χ4v) is 6.67. The van der Waals surface area contributed by atoms with Gasteiger partial charge in [0.1, 0.15) is 12.7 Å². The van der Waals surface area contributed by atoms with Crippen LogP contribution in [-0.4, -0.2) is 54.3 Å². The molecule has 0 aromatic heterocycles. The van der Waals surface area contributed by atoms with Gasteiger partial charge in [-0.2, -0.15) is 0 Å². The average molecular weight is 720 g/mol. The Labute approximate surface area is 301 Å². The molecular formula is C39H78NO8P. The number of ether oxygens (including phenoxy) is 1. The van der Waals surface area contributed by atoms with Crippen molar-refractivity contribution in [1.82, 2.24) is 5.32 Å². The second kappa shape index (κ2) is 36.8. The van der Waals surface area contributed by atoms with Gasteiger partial charge >= 0.3 is 13.8 Å². The molecule has 0 rings (SSSR count). The van der Waals surface area contributed by atoms with Crippen LogP contribution in [-0.2, 0) is 27.9 Å². The molecular weight excluding hydrogens is 641 g/mol. The van der Waals surface area contributed by atoms with E-state index in [-0.39, 0.29) is 25.7 Å². The van der Waals surface area contributed by atoms with Crippen molar-refractivity contribution >= 4 is 19.7 Å². The molecule has 1 amide bonds. The predicted molar refractivity (Wildman–Crippen MR) is 202 cm³/mol. The van der Waals surface area contributed by atoms with Crippen LogP contribution < -0.4 is 5.32 Å². The first-order valence-electron chi connectivity index (χ1n) is 20.5. The Kier molecular flexibility index (Phi) is 36.0. The first kappa shape index (κ1) is 48.0. The van der Waals surface area contributed by atoms with E-state index < -0.39 is 26.5 Å². The Morgan fingerprint density at radius 3 is 1.33 bits per heavy atom. The van der Waals surface area contributed by atoms with Crippen LogP contribution >= 0.6 is 7.82 Å². The van der Waals surface area contributed by atoms with Gasteiger partial charge in [-0.3, -0.25) is 18.6 Å². The summed E-state index contributed by atoms with van der Waals surface area (Å²) in [7, 11) is -4.40. The van der Waals surface area contributed by atoms with E-state index in [1.165, 1.54) is 141 Å². The van der Waals surface area contributed by atoms with Gasteiger partial charge in [-0.1, -0.05) is 181 Å². The molecule has 0 aliphatic heterocycles. The minimum absolute atomic E-state index is 0.0874. The average Bonchev–Trinajstić information content (AvgIpc) is 3.08. The molecule has 0 fully saturated rings. The van der Waals surface area contributed by atoms with Gasteiger partial charge in [0.05, 0.1) is 13.2 Å². The molecule has 10 heteroatoms. The number of phosphoric ester groups is 1. The number of aliphatic hydroxyl groups is 1. The van der Waals surface area contributed by atoms with Gasteiger partial charge < -0.3 is 20.1 Å². The SMILES string of the molecule is CCCCCCCCCCCCCCCCCCCCC(=O)OCC(O)COP(=O)(O)OCCNC(=O)CCCCCCCCCCCC. The summed E-state index contributed by atoms with van der Waals surface area (Å²) in [4.78, 5) is 33.7. The van der Waals surface area contributed by atoms with Crippen molar-refractivity contribution in [2.75, 3.05) is 26.4 Å². The van der Waals surface area contributed by atoms with E-state index in [1.54, 1.807) is 0 Å². The summed E-state index contributed by atoms with van der Waals surface area (Å²) in [5.74, 6) is -0.508. The number of carbonyl (C=O) groups is 2. The summed E-state index contributed by atoms with van der Waals surface area (Å²) in [6.07, 6.45) is 34.6. The molecule has 9 nitrogen and oxygen atoms in total.